The van der Waals surface area contributed by atoms with Crippen molar-refractivity contribution in [3.8, 4) is 5.75 Å². The van der Waals surface area contributed by atoms with Crippen molar-refractivity contribution in [2.24, 2.45) is 0 Å². The fraction of sp³-hybridized carbons (Fsp3) is 0.235. The molecule has 7 heteroatoms. The molecule has 0 atom stereocenters. The molecule has 0 saturated heterocycles. The van der Waals surface area contributed by atoms with Crippen LogP contribution in [-0.4, -0.2) is 42.7 Å². The summed E-state index contributed by atoms with van der Waals surface area (Å²) in [6.07, 6.45) is 0. The summed E-state index contributed by atoms with van der Waals surface area (Å²) in [6.45, 7) is 0.826. The molecule has 0 spiro atoms. The molecule has 0 amide bonds. The predicted molar refractivity (Wildman–Crippen MR) is 92.6 cm³/mol. The Kier molecular flexibility index (Phi) is 6.90. The van der Waals surface area contributed by atoms with Gasteiger partial charge in [0.05, 0.1) is 16.5 Å². The first kappa shape index (κ1) is 18.6. The summed E-state index contributed by atoms with van der Waals surface area (Å²) in [5.74, 6) is -0.639. The second kappa shape index (κ2) is 8.92. The minimum absolute atomic E-state index is 0.0339. The fourth-order valence-electron chi connectivity index (χ4n) is 1.94. The van der Waals surface area contributed by atoms with Crippen molar-refractivity contribution < 1.29 is 19.0 Å². The van der Waals surface area contributed by atoms with Crippen molar-refractivity contribution in [2.45, 2.75) is 9.79 Å². The third-order valence-corrected chi connectivity index (χ3v) is 4.44. The van der Waals surface area contributed by atoms with Gasteiger partial charge >= 0.3 is 5.97 Å². The normalized spacial score (nSPS) is 10.8. The highest BCUT2D eigenvalue weighted by Gasteiger charge is 2.09. The van der Waals surface area contributed by atoms with E-state index in [-0.39, 0.29) is 11.6 Å². The number of ether oxygens (including phenoxy) is 1. The summed E-state index contributed by atoms with van der Waals surface area (Å²) >= 11 is 7.23. The molecule has 0 heterocycles. The number of hydrogen-bond donors (Lipinski definition) is 1. The first-order valence-electron chi connectivity index (χ1n) is 7.21. The van der Waals surface area contributed by atoms with Gasteiger partial charge in [-0.05, 0) is 37.4 Å². The minimum Gasteiger partial charge on any atom is -0.491 e. The molecule has 0 fully saturated rings. The van der Waals surface area contributed by atoms with E-state index in [1.54, 1.807) is 24.1 Å². The molecule has 0 aliphatic carbocycles. The zero-order valence-corrected chi connectivity index (χ0v) is 14.6. The number of carboxylic acids is 1. The van der Waals surface area contributed by atoms with Gasteiger partial charge in [-0.25, -0.2) is 4.39 Å². The van der Waals surface area contributed by atoms with Crippen LogP contribution in [0.25, 0.3) is 0 Å². The highest BCUT2D eigenvalue weighted by molar-refractivity contribution is 7.99. The van der Waals surface area contributed by atoms with Crippen LogP contribution in [0.5, 0.6) is 5.75 Å². The number of carbonyl (C=O) groups is 1. The van der Waals surface area contributed by atoms with E-state index in [9.17, 15) is 9.18 Å². The van der Waals surface area contributed by atoms with Gasteiger partial charge in [0, 0.05) is 11.4 Å². The maximum atomic E-state index is 13.2. The minimum atomic E-state index is -0.873. The first-order valence-corrected chi connectivity index (χ1v) is 8.40. The highest BCUT2D eigenvalue weighted by atomic mass is 35.5. The Morgan fingerprint density at radius 2 is 2.08 bits per heavy atom. The zero-order valence-electron chi connectivity index (χ0n) is 13.0. The van der Waals surface area contributed by atoms with Crippen molar-refractivity contribution in [1.82, 2.24) is 4.90 Å². The van der Waals surface area contributed by atoms with Crippen molar-refractivity contribution in [3.05, 3.63) is 53.3 Å². The maximum Gasteiger partial charge on any atom is 0.317 e. The van der Waals surface area contributed by atoms with Crippen LogP contribution in [-0.2, 0) is 4.79 Å². The topological polar surface area (TPSA) is 49.8 Å². The van der Waals surface area contributed by atoms with E-state index in [2.05, 4.69) is 0 Å². The maximum absolute atomic E-state index is 13.2. The second-order valence-corrected chi connectivity index (χ2v) is 6.63. The number of benzene rings is 2. The summed E-state index contributed by atoms with van der Waals surface area (Å²) in [5, 5.41) is 8.80. The van der Waals surface area contributed by atoms with E-state index in [1.807, 2.05) is 24.3 Å². The van der Waals surface area contributed by atoms with Gasteiger partial charge < -0.3 is 9.84 Å². The lowest BCUT2D eigenvalue weighted by atomic mass is 10.3. The molecule has 2 rings (SSSR count). The number of likely N-dealkylation sites (N-methyl/N-ethyl adjacent to an activating group) is 1. The van der Waals surface area contributed by atoms with Gasteiger partial charge in [0.25, 0.3) is 0 Å². The van der Waals surface area contributed by atoms with Crippen molar-refractivity contribution in [3.63, 3.8) is 0 Å². The Morgan fingerprint density at radius 1 is 1.33 bits per heavy atom. The van der Waals surface area contributed by atoms with Crippen LogP contribution in [0.15, 0.2) is 52.3 Å². The van der Waals surface area contributed by atoms with Crippen LogP contribution in [0.2, 0.25) is 5.02 Å². The molecular formula is C17H17ClFNO3S. The van der Waals surface area contributed by atoms with E-state index in [1.165, 1.54) is 17.8 Å². The SMILES string of the molecule is CN(CCOc1ccccc1Sc1ccc(F)c(Cl)c1)CC(=O)O. The van der Waals surface area contributed by atoms with E-state index < -0.39 is 11.8 Å². The number of hydrogen-bond acceptors (Lipinski definition) is 4. The van der Waals surface area contributed by atoms with Crippen molar-refractivity contribution >= 4 is 29.3 Å². The van der Waals surface area contributed by atoms with Gasteiger partial charge in [0.1, 0.15) is 18.2 Å². The third-order valence-electron chi connectivity index (χ3n) is 3.10. The molecule has 0 bridgehead atoms. The standard InChI is InChI=1S/C17H17ClFNO3S/c1-20(11-17(21)22)8-9-23-15-4-2-3-5-16(15)24-12-6-7-14(19)13(18)10-12/h2-7,10H,8-9,11H2,1H3,(H,21,22). The van der Waals surface area contributed by atoms with Crippen LogP contribution in [0, 0.1) is 5.82 Å². The van der Waals surface area contributed by atoms with Crippen molar-refractivity contribution in [2.75, 3.05) is 26.7 Å². The first-order chi connectivity index (χ1) is 11.5. The van der Waals surface area contributed by atoms with Gasteiger partial charge in [-0.2, -0.15) is 0 Å². The predicted octanol–water partition coefficient (Wildman–Crippen LogP) is 4.03. The second-order valence-electron chi connectivity index (χ2n) is 5.10. The molecular weight excluding hydrogens is 353 g/mol. The molecule has 2 aromatic carbocycles. The number of aliphatic carboxylic acids is 1. The highest BCUT2D eigenvalue weighted by Crippen LogP contribution is 2.36. The Labute approximate surface area is 149 Å². The number of halogens is 2. The van der Waals surface area contributed by atoms with E-state index >= 15 is 0 Å². The molecule has 0 radical (unpaired) electrons. The average Bonchev–Trinajstić information content (AvgIpc) is 2.52. The van der Waals surface area contributed by atoms with Crippen LogP contribution in [0.3, 0.4) is 0 Å². The van der Waals surface area contributed by atoms with Gasteiger partial charge in [0.2, 0.25) is 0 Å². The number of para-hydroxylation sites is 1. The summed E-state index contributed by atoms with van der Waals surface area (Å²) < 4.78 is 19.0. The molecule has 24 heavy (non-hydrogen) atoms. The number of nitrogens with zero attached hydrogens (tertiary/aromatic N) is 1. The lowest BCUT2D eigenvalue weighted by molar-refractivity contribution is -0.138. The van der Waals surface area contributed by atoms with E-state index in [4.69, 9.17) is 21.4 Å². The Morgan fingerprint density at radius 3 is 2.79 bits per heavy atom. The number of carboxylic acid groups (broad SMARTS) is 1. The Balaban J connectivity index is 1.99. The molecule has 0 saturated carbocycles. The molecule has 128 valence electrons. The van der Waals surface area contributed by atoms with Crippen LogP contribution in [0.1, 0.15) is 0 Å². The quantitative estimate of drug-likeness (QED) is 0.761. The van der Waals surface area contributed by atoms with E-state index in [0.29, 0.717) is 18.9 Å². The van der Waals surface area contributed by atoms with Gasteiger partial charge in [-0.1, -0.05) is 35.5 Å². The third kappa shape index (κ3) is 5.70. The van der Waals surface area contributed by atoms with Gasteiger partial charge in [-0.15, -0.1) is 0 Å². The van der Waals surface area contributed by atoms with Gasteiger partial charge in [-0.3, -0.25) is 9.69 Å². The summed E-state index contributed by atoms with van der Waals surface area (Å²) in [4.78, 5) is 14.0. The van der Waals surface area contributed by atoms with Crippen molar-refractivity contribution in [1.29, 1.82) is 0 Å². The molecule has 1 N–H and O–H groups in total. The largest absolute Gasteiger partial charge is 0.491 e. The monoisotopic (exact) mass is 369 g/mol. The molecule has 4 nitrogen and oxygen atoms in total. The lowest BCUT2D eigenvalue weighted by Crippen LogP contribution is -2.29. The summed E-state index contributed by atoms with van der Waals surface area (Å²) in [6, 6.07) is 12.0. The summed E-state index contributed by atoms with van der Waals surface area (Å²) in [5.41, 5.74) is 0. The fourth-order valence-corrected chi connectivity index (χ4v) is 3.13. The van der Waals surface area contributed by atoms with Crippen LogP contribution < -0.4 is 4.74 Å². The molecule has 0 aliphatic rings. The average molecular weight is 370 g/mol. The summed E-state index contributed by atoms with van der Waals surface area (Å²) in [7, 11) is 1.72. The van der Waals surface area contributed by atoms with E-state index in [0.717, 1.165) is 9.79 Å². The van der Waals surface area contributed by atoms with Crippen LogP contribution in [0.4, 0.5) is 4.39 Å². The molecule has 2 aromatic rings. The smallest absolute Gasteiger partial charge is 0.317 e. The molecule has 0 unspecified atom stereocenters. The Bertz CT molecular complexity index is 714. The zero-order chi connectivity index (χ0) is 17.5. The van der Waals surface area contributed by atoms with Crippen LogP contribution >= 0.6 is 23.4 Å². The Hall–Kier alpha value is -1.76. The molecule has 0 aliphatic heterocycles. The number of rotatable bonds is 8. The lowest BCUT2D eigenvalue weighted by Gasteiger charge is -2.16. The van der Waals surface area contributed by atoms with Gasteiger partial charge in [0.15, 0.2) is 0 Å². The molecule has 0 aromatic heterocycles.